The average molecular weight is 411 g/mol. The molecule has 0 radical (unpaired) electrons. The van der Waals surface area contributed by atoms with Gasteiger partial charge in [-0.3, -0.25) is 14.5 Å². The fraction of sp³-hybridized carbons (Fsp3) is 0.500. The third-order valence-corrected chi connectivity index (χ3v) is 5.76. The van der Waals surface area contributed by atoms with E-state index in [0.29, 0.717) is 5.56 Å². The zero-order chi connectivity index (χ0) is 20.5. The van der Waals surface area contributed by atoms with Crippen LogP contribution in [-0.2, 0) is 26.0 Å². The van der Waals surface area contributed by atoms with Crippen molar-refractivity contribution in [1.29, 1.82) is 0 Å². The minimum absolute atomic E-state index is 0.0334. The molecule has 152 valence electrons. The Morgan fingerprint density at radius 3 is 2.57 bits per heavy atom. The maximum Gasteiger partial charge on any atom is 0.325 e. The van der Waals surface area contributed by atoms with E-state index < -0.39 is 46.1 Å². The van der Waals surface area contributed by atoms with Gasteiger partial charge in [0.1, 0.15) is 28.2 Å². The Morgan fingerprint density at radius 1 is 1.29 bits per heavy atom. The normalized spacial score (nSPS) is 19.6. The van der Waals surface area contributed by atoms with Gasteiger partial charge in [0.15, 0.2) is 0 Å². The number of sulfone groups is 1. The Hall–Kier alpha value is -2.49. The molecule has 4 amide bonds. The van der Waals surface area contributed by atoms with E-state index in [1.165, 1.54) is 11.0 Å². The van der Waals surface area contributed by atoms with Gasteiger partial charge in [-0.05, 0) is 25.3 Å². The SMILES string of the molecule is CS(=O)(=O)CC[C@@H]1NC(=O)N(CC(=O)N(Cc2ccccc2F)C2CC2)C1=O. The summed E-state index contributed by atoms with van der Waals surface area (Å²) in [6, 6.07) is 4.43. The summed E-state index contributed by atoms with van der Waals surface area (Å²) in [4.78, 5) is 39.5. The number of nitrogens with one attached hydrogen (secondary N) is 1. The van der Waals surface area contributed by atoms with Crippen LogP contribution in [0.2, 0.25) is 0 Å². The maximum absolute atomic E-state index is 13.9. The Morgan fingerprint density at radius 2 is 1.96 bits per heavy atom. The van der Waals surface area contributed by atoms with E-state index in [2.05, 4.69) is 5.32 Å². The van der Waals surface area contributed by atoms with Crippen LogP contribution >= 0.6 is 0 Å². The fourth-order valence-corrected chi connectivity index (χ4v) is 3.76. The molecule has 1 saturated heterocycles. The number of halogens is 1. The first kappa shape index (κ1) is 20.2. The smallest absolute Gasteiger partial charge is 0.325 e. The zero-order valence-electron chi connectivity index (χ0n) is 15.4. The van der Waals surface area contributed by atoms with Crippen molar-refractivity contribution in [1.82, 2.24) is 15.1 Å². The topological polar surface area (TPSA) is 104 Å². The molecule has 1 heterocycles. The highest BCUT2D eigenvalue weighted by molar-refractivity contribution is 7.90. The zero-order valence-corrected chi connectivity index (χ0v) is 16.2. The van der Waals surface area contributed by atoms with Crippen molar-refractivity contribution in [3.63, 3.8) is 0 Å². The molecule has 3 rings (SSSR count). The van der Waals surface area contributed by atoms with Crippen molar-refractivity contribution >= 4 is 27.7 Å². The van der Waals surface area contributed by atoms with Crippen LogP contribution in [0.4, 0.5) is 9.18 Å². The Kier molecular flexibility index (Phi) is 5.69. The molecule has 0 unspecified atom stereocenters. The second-order valence-corrected chi connectivity index (χ2v) is 9.45. The predicted molar refractivity (Wildman–Crippen MR) is 98.3 cm³/mol. The van der Waals surface area contributed by atoms with E-state index in [4.69, 9.17) is 0 Å². The van der Waals surface area contributed by atoms with Crippen LogP contribution in [0.1, 0.15) is 24.8 Å². The molecule has 0 spiro atoms. The van der Waals surface area contributed by atoms with Crippen LogP contribution in [-0.4, -0.2) is 66.7 Å². The Bertz CT molecular complexity index is 900. The fourth-order valence-electron chi connectivity index (χ4n) is 3.10. The summed E-state index contributed by atoms with van der Waals surface area (Å²) in [6.07, 6.45) is 2.58. The van der Waals surface area contributed by atoms with Gasteiger partial charge < -0.3 is 10.2 Å². The van der Waals surface area contributed by atoms with Crippen LogP contribution in [0.15, 0.2) is 24.3 Å². The number of imide groups is 1. The number of rotatable bonds is 8. The first-order chi connectivity index (χ1) is 13.2. The Labute approximate surface area is 162 Å². The van der Waals surface area contributed by atoms with Gasteiger partial charge in [0.25, 0.3) is 5.91 Å². The first-order valence-corrected chi connectivity index (χ1v) is 11.0. The van der Waals surface area contributed by atoms with E-state index in [1.807, 2.05) is 0 Å². The van der Waals surface area contributed by atoms with Crippen molar-refractivity contribution in [2.75, 3.05) is 18.6 Å². The molecule has 1 atom stereocenters. The van der Waals surface area contributed by atoms with Crippen LogP contribution in [0.5, 0.6) is 0 Å². The third kappa shape index (κ3) is 4.86. The van der Waals surface area contributed by atoms with E-state index in [0.717, 1.165) is 24.0 Å². The second kappa shape index (κ2) is 7.86. The molecule has 1 saturated carbocycles. The van der Waals surface area contributed by atoms with E-state index in [9.17, 15) is 27.2 Å². The number of urea groups is 1. The summed E-state index contributed by atoms with van der Waals surface area (Å²) in [7, 11) is -3.28. The lowest BCUT2D eigenvalue weighted by Crippen LogP contribution is -2.44. The van der Waals surface area contributed by atoms with Gasteiger partial charge in [-0.1, -0.05) is 18.2 Å². The molecule has 1 aromatic rings. The first-order valence-electron chi connectivity index (χ1n) is 8.98. The van der Waals surface area contributed by atoms with E-state index in [-0.39, 0.29) is 24.8 Å². The minimum atomic E-state index is -3.28. The monoisotopic (exact) mass is 411 g/mol. The maximum atomic E-state index is 13.9. The van der Waals surface area contributed by atoms with Gasteiger partial charge in [-0.2, -0.15) is 0 Å². The molecule has 1 aromatic carbocycles. The van der Waals surface area contributed by atoms with Gasteiger partial charge in [-0.25, -0.2) is 17.6 Å². The van der Waals surface area contributed by atoms with Crippen molar-refractivity contribution in [2.45, 2.75) is 37.9 Å². The lowest BCUT2D eigenvalue weighted by atomic mass is 10.2. The minimum Gasteiger partial charge on any atom is -0.334 e. The lowest BCUT2D eigenvalue weighted by molar-refractivity contribution is -0.138. The third-order valence-electron chi connectivity index (χ3n) is 4.78. The molecule has 0 bridgehead atoms. The van der Waals surface area contributed by atoms with Gasteiger partial charge in [-0.15, -0.1) is 0 Å². The van der Waals surface area contributed by atoms with Crippen LogP contribution in [0.3, 0.4) is 0 Å². The number of nitrogens with zero attached hydrogens (tertiary/aromatic N) is 2. The van der Waals surface area contributed by atoms with Crippen LogP contribution in [0.25, 0.3) is 0 Å². The quantitative estimate of drug-likeness (QED) is 0.634. The molecule has 0 aromatic heterocycles. The molecule has 8 nitrogen and oxygen atoms in total. The predicted octanol–water partition coefficient (Wildman–Crippen LogP) is 0.672. The molecule has 28 heavy (non-hydrogen) atoms. The number of hydrogen-bond acceptors (Lipinski definition) is 5. The molecule has 2 fully saturated rings. The summed E-state index contributed by atoms with van der Waals surface area (Å²) < 4.78 is 36.5. The van der Waals surface area contributed by atoms with Crippen LogP contribution in [0, 0.1) is 5.82 Å². The van der Waals surface area contributed by atoms with Gasteiger partial charge in [0.05, 0.1) is 5.75 Å². The standard InChI is InChI=1S/C18H22FN3O5S/c1-28(26,27)9-8-15-17(24)22(18(25)20-15)11-16(23)21(13-6-7-13)10-12-4-2-3-5-14(12)19/h2-5,13,15H,6-11H2,1H3,(H,20,25)/t15-/m0/s1. The van der Waals surface area contributed by atoms with Crippen LogP contribution < -0.4 is 5.32 Å². The molecular formula is C18H22FN3O5S. The molecule has 1 N–H and O–H groups in total. The van der Waals surface area contributed by atoms with E-state index in [1.54, 1.807) is 18.2 Å². The summed E-state index contributed by atoms with van der Waals surface area (Å²) in [5, 5.41) is 2.42. The molecular weight excluding hydrogens is 389 g/mol. The van der Waals surface area contributed by atoms with Crippen molar-refractivity contribution < 1.29 is 27.2 Å². The summed E-state index contributed by atoms with van der Waals surface area (Å²) >= 11 is 0. The summed E-state index contributed by atoms with van der Waals surface area (Å²) in [5.74, 6) is -1.73. The Balaban J connectivity index is 1.66. The van der Waals surface area contributed by atoms with Crippen molar-refractivity contribution in [3.8, 4) is 0 Å². The van der Waals surface area contributed by atoms with E-state index >= 15 is 0 Å². The highest BCUT2D eigenvalue weighted by Crippen LogP contribution is 2.29. The van der Waals surface area contributed by atoms with Gasteiger partial charge in [0, 0.05) is 24.4 Å². The average Bonchev–Trinajstić information content (AvgIpc) is 3.41. The summed E-state index contributed by atoms with van der Waals surface area (Å²) in [5.41, 5.74) is 0.367. The van der Waals surface area contributed by atoms with Gasteiger partial charge >= 0.3 is 6.03 Å². The van der Waals surface area contributed by atoms with Crippen molar-refractivity contribution in [2.24, 2.45) is 0 Å². The molecule has 10 heteroatoms. The number of amides is 4. The molecule has 1 aliphatic carbocycles. The number of carbonyl (C=O) groups is 3. The number of benzene rings is 1. The molecule has 1 aliphatic heterocycles. The second-order valence-electron chi connectivity index (χ2n) is 7.19. The largest absolute Gasteiger partial charge is 0.334 e. The lowest BCUT2D eigenvalue weighted by Gasteiger charge is -2.24. The van der Waals surface area contributed by atoms with Crippen molar-refractivity contribution in [3.05, 3.63) is 35.6 Å². The highest BCUT2D eigenvalue weighted by atomic mass is 32.2. The highest BCUT2D eigenvalue weighted by Gasteiger charge is 2.41. The van der Waals surface area contributed by atoms with Gasteiger partial charge in [0.2, 0.25) is 5.91 Å². The molecule has 2 aliphatic rings. The number of hydrogen-bond donors (Lipinski definition) is 1. The summed E-state index contributed by atoms with van der Waals surface area (Å²) in [6.45, 7) is -0.387. The number of carbonyl (C=O) groups excluding carboxylic acids is 3.